The van der Waals surface area contributed by atoms with Gasteiger partial charge < -0.3 is 20.1 Å². The molecule has 0 aromatic heterocycles. The maximum atomic E-state index is 12.3. The summed E-state index contributed by atoms with van der Waals surface area (Å²) < 4.78 is 11.3. The Bertz CT molecular complexity index is 777. The molecule has 2 N–H and O–H groups in total. The summed E-state index contributed by atoms with van der Waals surface area (Å²) in [6.07, 6.45) is 0.729. The molecule has 2 atom stereocenters. The van der Waals surface area contributed by atoms with Crippen LogP contribution in [0.5, 0.6) is 0 Å². The standard InChI is InChI=1S/C18H19BrN2O5/c1-2-25-17(23)14-8-20-18(24)21-15(14)9-26-16(22)13-7-12(13)10-4-3-5-11(19)6-10/h3-6,12-13H,2,7-9H2,1H3,(H2,20,21,24). The van der Waals surface area contributed by atoms with Crippen LogP contribution in [0.25, 0.3) is 0 Å². The Labute approximate surface area is 159 Å². The van der Waals surface area contributed by atoms with E-state index in [2.05, 4.69) is 26.6 Å². The molecule has 1 aromatic carbocycles. The Kier molecular flexibility index (Phi) is 5.61. The molecule has 0 saturated heterocycles. The van der Waals surface area contributed by atoms with Crippen molar-refractivity contribution in [1.29, 1.82) is 0 Å². The topological polar surface area (TPSA) is 93.7 Å². The molecule has 1 fully saturated rings. The van der Waals surface area contributed by atoms with E-state index in [1.54, 1.807) is 6.92 Å². The average molecular weight is 423 g/mol. The fraction of sp³-hybridized carbons (Fsp3) is 0.389. The molecule has 1 aromatic rings. The number of esters is 2. The molecule has 0 bridgehead atoms. The zero-order valence-corrected chi connectivity index (χ0v) is 15.8. The van der Waals surface area contributed by atoms with Crippen molar-refractivity contribution >= 4 is 33.9 Å². The van der Waals surface area contributed by atoms with E-state index in [0.717, 1.165) is 16.5 Å². The van der Waals surface area contributed by atoms with Crippen LogP contribution in [0.3, 0.4) is 0 Å². The van der Waals surface area contributed by atoms with Crippen LogP contribution in [0.15, 0.2) is 40.0 Å². The van der Waals surface area contributed by atoms with Gasteiger partial charge in [-0.25, -0.2) is 9.59 Å². The van der Waals surface area contributed by atoms with Gasteiger partial charge in [0, 0.05) is 4.47 Å². The van der Waals surface area contributed by atoms with Crippen molar-refractivity contribution in [2.45, 2.75) is 19.3 Å². The molecule has 1 heterocycles. The predicted molar refractivity (Wildman–Crippen MR) is 96.1 cm³/mol. The number of nitrogens with one attached hydrogen (secondary N) is 2. The highest BCUT2D eigenvalue weighted by molar-refractivity contribution is 9.10. The lowest BCUT2D eigenvalue weighted by atomic mass is 10.1. The first-order chi connectivity index (χ1) is 12.5. The van der Waals surface area contributed by atoms with Gasteiger partial charge in [-0.1, -0.05) is 28.1 Å². The Balaban J connectivity index is 1.61. The average Bonchev–Trinajstić information content (AvgIpc) is 3.41. The number of carbonyl (C=O) groups is 3. The number of benzene rings is 1. The van der Waals surface area contributed by atoms with Gasteiger partial charge in [-0.2, -0.15) is 0 Å². The highest BCUT2D eigenvalue weighted by Crippen LogP contribution is 2.48. The fourth-order valence-electron chi connectivity index (χ4n) is 2.88. The number of halogens is 1. The minimum atomic E-state index is -0.538. The van der Waals surface area contributed by atoms with Gasteiger partial charge in [-0.15, -0.1) is 0 Å². The molecule has 8 heteroatoms. The summed E-state index contributed by atoms with van der Waals surface area (Å²) in [7, 11) is 0. The molecule has 3 rings (SSSR count). The van der Waals surface area contributed by atoms with Crippen molar-refractivity contribution in [3.63, 3.8) is 0 Å². The summed E-state index contributed by atoms with van der Waals surface area (Å²) in [6, 6.07) is 7.40. The smallest absolute Gasteiger partial charge is 0.337 e. The molecule has 2 aliphatic rings. The van der Waals surface area contributed by atoms with Gasteiger partial charge in [0.25, 0.3) is 0 Å². The first-order valence-corrected chi connectivity index (χ1v) is 9.15. The number of ether oxygens (including phenoxy) is 2. The SMILES string of the molecule is CCOC(=O)C1=C(COC(=O)C2CC2c2cccc(Br)c2)NC(=O)NC1. The first-order valence-electron chi connectivity index (χ1n) is 8.35. The second-order valence-electron chi connectivity index (χ2n) is 6.10. The molecule has 0 radical (unpaired) electrons. The molecule has 2 unspecified atom stereocenters. The van der Waals surface area contributed by atoms with Crippen molar-refractivity contribution in [3.05, 3.63) is 45.6 Å². The van der Waals surface area contributed by atoms with E-state index in [9.17, 15) is 14.4 Å². The summed E-state index contributed by atoms with van der Waals surface area (Å²) in [4.78, 5) is 35.8. The predicted octanol–water partition coefficient (Wildman–Crippen LogP) is 2.23. The van der Waals surface area contributed by atoms with Crippen molar-refractivity contribution in [3.8, 4) is 0 Å². The van der Waals surface area contributed by atoms with Crippen molar-refractivity contribution < 1.29 is 23.9 Å². The van der Waals surface area contributed by atoms with Crippen LogP contribution in [0.1, 0.15) is 24.8 Å². The summed E-state index contributed by atoms with van der Waals surface area (Å²) in [5.74, 6) is -0.933. The van der Waals surface area contributed by atoms with Crippen LogP contribution in [0.4, 0.5) is 4.79 Å². The molecule has 1 saturated carbocycles. The number of rotatable bonds is 6. The molecule has 26 heavy (non-hydrogen) atoms. The van der Waals surface area contributed by atoms with Gasteiger partial charge in [0.1, 0.15) is 6.61 Å². The lowest BCUT2D eigenvalue weighted by molar-refractivity contribution is -0.145. The van der Waals surface area contributed by atoms with E-state index < -0.39 is 12.0 Å². The van der Waals surface area contributed by atoms with Gasteiger partial charge >= 0.3 is 18.0 Å². The summed E-state index contributed by atoms with van der Waals surface area (Å²) in [5, 5.41) is 5.02. The molecule has 7 nitrogen and oxygen atoms in total. The Morgan fingerprint density at radius 2 is 2.12 bits per heavy atom. The van der Waals surface area contributed by atoms with E-state index in [1.165, 1.54) is 0 Å². The van der Waals surface area contributed by atoms with Gasteiger partial charge in [-0.05, 0) is 37.0 Å². The summed E-state index contributed by atoms with van der Waals surface area (Å²) in [5.41, 5.74) is 1.61. The largest absolute Gasteiger partial charge is 0.463 e. The van der Waals surface area contributed by atoms with Gasteiger partial charge in [0.15, 0.2) is 0 Å². The van der Waals surface area contributed by atoms with Crippen LogP contribution in [-0.4, -0.2) is 37.7 Å². The highest BCUT2D eigenvalue weighted by atomic mass is 79.9. The second-order valence-corrected chi connectivity index (χ2v) is 7.01. The van der Waals surface area contributed by atoms with Crippen LogP contribution in [0, 0.1) is 5.92 Å². The van der Waals surface area contributed by atoms with E-state index in [0.29, 0.717) is 0 Å². The lowest BCUT2D eigenvalue weighted by Gasteiger charge is -2.21. The fourth-order valence-corrected chi connectivity index (χ4v) is 3.30. The molecule has 138 valence electrons. The number of hydrogen-bond donors (Lipinski definition) is 2. The van der Waals surface area contributed by atoms with Crippen LogP contribution >= 0.6 is 15.9 Å². The minimum Gasteiger partial charge on any atom is -0.463 e. The zero-order chi connectivity index (χ0) is 18.7. The molecule has 2 amide bonds. The van der Waals surface area contributed by atoms with Crippen LogP contribution in [0.2, 0.25) is 0 Å². The third kappa shape index (κ3) is 4.24. The van der Waals surface area contributed by atoms with Crippen molar-refractivity contribution in [2.24, 2.45) is 5.92 Å². The second kappa shape index (κ2) is 7.90. The van der Waals surface area contributed by atoms with Gasteiger partial charge in [0.2, 0.25) is 0 Å². The maximum Gasteiger partial charge on any atom is 0.337 e. The Morgan fingerprint density at radius 3 is 2.85 bits per heavy atom. The van der Waals surface area contributed by atoms with E-state index in [4.69, 9.17) is 9.47 Å². The first kappa shape index (κ1) is 18.4. The monoisotopic (exact) mass is 422 g/mol. The Hall–Kier alpha value is -2.35. The highest BCUT2D eigenvalue weighted by Gasteiger charge is 2.45. The third-order valence-corrected chi connectivity index (χ3v) is 4.80. The molecule has 0 spiro atoms. The third-order valence-electron chi connectivity index (χ3n) is 4.31. The zero-order valence-electron chi connectivity index (χ0n) is 14.2. The van der Waals surface area contributed by atoms with Crippen LogP contribution < -0.4 is 10.6 Å². The number of hydrogen-bond acceptors (Lipinski definition) is 5. The molecular weight excluding hydrogens is 404 g/mol. The molecule has 1 aliphatic heterocycles. The van der Waals surface area contributed by atoms with Crippen LogP contribution in [-0.2, 0) is 19.1 Å². The molecular formula is C18H19BrN2O5. The minimum absolute atomic E-state index is 0.0433. The number of urea groups is 1. The van der Waals surface area contributed by atoms with E-state index in [-0.39, 0.29) is 48.8 Å². The van der Waals surface area contributed by atoms with Crippen molar-refractivity contribution in [2.75, 3.05) is 19.8 Å². The van der Waals surface area contributed by atoms with Gasteiger partial charge in [0.05, 0.1) is 30.3 Å². The number of carbonyl (C=O) groups excluding carboxylic acids is 3. The van der Waals surface area contributed by atoms with Crippen molar-refractivity contribution in [1.82, 2.24) is 10.6 Å². The number of amides is 2. The van der Waals surface area contributed by atoms with E-state index >= 15 is 0 Å². The Morgan fingerprint density at radius 1 is 1.31 bits per heavy atom. The maximum absolute atomic E-state index is 12.3. The quantitative estimate of drug-likeness (QED) is 0.685. The lowest BCUT2D eigenvalue weighted by Crippen LogP contribution is -2.45. The summed E-state index contributed by atoms with van der Waals surface area (Å²) in [6.45, 7) is 1.80. The van der Waals surface area contributed by atoms with E-state index in [1.807, 2.05) is 24.3 Å². The normalized spacial score (nSPS) is 21.5. The van der Waals surface area contributed by atoms with Gasteiger partial charge in [-0.3, -0.25) is 4.79 Å². The summed E-state index contributed by atoms with van der Waals surface area (Å²) >= 11 is 3.42. The molecule has 1 aliphatic carbocycles.